The van der Waals surface area contributed by atoms with Crippen LogP contribution in [0.4, 0.5) is 11.4 Å². The quantitative estimate of drug-likeness (QED) is 0.749. The van der Waals surface area contributed by atoms with Gasteiger partial charge in [-0.2, -0.15) is 5.10 Å². The molecule has 1 aliphatic heterocycles. The Hall–Kier alpha value is -2.93. The molecule has 2 aliphatic rings. The summed E-state index contributed by atoms with van der Waals surface area (Å²) in [6, 6.07) is 8.31. The lowest BCUT2D eigenvalue weighted by molar-refractivity contribution is 0.102. The van der Waals surface area contributed by atoms with Crippen molar-refractivity contribution in [1.29, 1.82) is 0 Å². The molecule has 1 aromatic carbocycles. The first-order chi connectivity index (χ1) is 13.3. The molecule has 0 radical (unpaired) electrons. The normalized spacial score (nSPS) is 17.3. The second-order valence-corrected chi connectivity index (χ2v) is 7.24. The lowest BCUT2D eigenvalue weighted by Gasteiger charge is -2.32. The standard InChI is InChI=1S/C20H22N6O/c27-20(24-17-13-22-25-10-4-9-21-19(17)25)14-7-8-18-15(11-14)12-23-26(18)16-5-2-1-3-6-16/h4,7-11,13,16,23H,1-3,5-6,12H2,(H,24,27). The SMILES string of the molecule is O=C(Nc1cnn2cccnc12)c1ccc2c(c1)CNN2C1CCCCC1. The molecule has 0 saturated heterocycles. The van der Waals surface area contributed by atoms with E-state index in [9.17, 15) is 4.79 Å². The number of carbonyl (C=O) groups is 1. The van der Waals surface area contributed by atoms with Gasteiger partial charge in [0, 0.05) is 30.5 Å². The average molecular weight is 362 g/mol. The minimum absolute atomic E-state index is 0.144. The van der Waals surface area contributed by atoms with Crippen molar-refractivity contribution < 1.29 is 4.79 Å². The number of carbonyl (C=O) groups excluding carboxylic acids is 1. The van der Waals surface area contributed by atoms with E-state index in [1.54, 1.807) is 29.2 Å². The molecule has 3 aromatic rings. The number of nitrogens with zero attached hydrogens (tertiary/aromatic N) is 4. The average Bonchev–Trinajstić information content (AvgIpc) is 3.32. The van der Waals surface area contributed by atoms with Crippen molar-refractivity contribution in [1.82, 2.24) is 20.0 Å². The van der Waals surface area contributed by atoms with E-state index in [0.717, 1.165) is 6.54 Å². The predicted octanol–water partition coefficient (Wildman–Crippen LogP) is 3.14. The van der Waals surface area contributed by atoms with Crippen molar-refractivity contribution >= 4 is 22.9 Å². The van der Waals surface area contributed by atoms with E-state index in [0.29, 0.717) is 22.9 Å². The molecule has 7 heteroatoms. The number of hydrogen-bond donors (Lipinski definition) is 2. The molecule has 0 atom stereocenters. The molecule has 0 bridgehead atoms. The largest absolute Gasteiger partial charge is 0.317 e. The molecule has 1 saturated carbocycles. The topological polar surface area (TPSA) is 74.6 Å². The van der Waals surface area contributed by atoms with Crippen molar-refractivity contribution in [2.75, 3.05) is 10.3 Å². The van der Waals surface area contributed by atoms with Crippen molar-refractivity contribution in [3.63, 3.8) is 0 Å². The number of hydrogen-bond acceptors (Lipinski definition) is 5. The Morgan fingerprint density at radius 2 is 2.11 bits per heavy atom. The molecule has 2 aromatic heterocycles. The maximum atomic E-state index is 12.7. The van der Waals surface area contributed by atoms with Gasteiger partial charge in [0.15, 0.2) is 5.65 Å². The molecule has 3 heterocycles. The van der Waals surface area contributed by atoms with E-state index in [4.69, 9.17) is 0 Å². The van der Waals surface area contributed by atoms with Gasteiger partial charge in [0.1, 0.15) is 5.69 Å². The van der Waals surface area contributed by atoms with E-state index in [2.05, 4.69) is 31.9 Å². The van der Waals surface area contributed by atoms with Crippen molar-refractivity contribution in [2.24, 2.45) is 0 Å². The van der Waals surface area contributed by atoms with Gasteiger partial charge in [-0.1, -0.05) is 19.3 Å². The predicted molar refractivity (Wildman–Crippen MR) is 104 cm³/mol. The van der Waals surface area contributed by atoms with Gasteiger partial charge in [-0.05, 0) is 42.7 Å². The molecule has 2 N–H and O–H groups in total. The van der Waals surface area contributed by atoms with Crippen LogP contribution >= 0.6 is 0 Å². The van der Waals surface area contributed by atoms with Crippen LogP contribution in [0.3, 0.4) is 0 Å². The second-order valence-electron chi connectivity index (χ2n) is 7.24. The number of fused-ring (bicyclic) bond motifs is 2. The van der Waals surface area contributed by atoms with Gasteiger partial charge >= 0.3 is 0 Å². The summed E-state index contributed by atoms with van der Waals surface area (Å²) in [4.78, 5) is 17.0. The third kappa shape index (κ3) is 2.94. The number of rotatable bonds is 3. The Labute approximate surface area is 157 Å². The van der Waals surface area contributed by atoms with Gasteiger partial charge in [0.05, 0.1) is 11.9 Å². The molecule has 27 heavy (non-hydrogen) atoms. The van der Waals surface area contributed by atoms with Crippen LogP contribution < -0.4 is 15.8 Å². The van der Waals surface area contributed by atoms with E-state index >= 15 is 0 Å². The van der Waals surface area contributed by atoms with Crippen LogP contribution in [0.5, 0.6) is 0 Å². The summed E-state index contributed by atoms with van der Waals surface area (Å²) in [5, 5.41) is 9.45. The molecule has 1 fully saturated rings. The van der Waals surface area contributed by atoms with Crippen LogP contribution in [0.15, 0.2) is 42.9 Å². The number of anilines is 2. The maximum absolute atomic E-state index is 12.7. The van der Waals surface area contributed by atoms with Gasteiger partial charge < -0.3 is 10.3 Å². The maximum Gasteiger partial charge on any atom is 0.255 e. The highest BCUT2D eigenvalue weighted by Gasteiger charge is 2.27. The first kappa shape index (κ1) is 16.3. The van der Waals surface area contributed by atoms with Gasteiger partial charge in [-0.25, -0.2) is 14.9 Å². The lowest BCUT2D eigenvalue weighted by atomic mass is 9.94. The van der Waals surface area contributed by atoms with E-state index in [1.165, 1.54) is 43.4 Å². The minimum Gasteiger partial charge on any atom is -0.317 e. The van der Waals surface area contributed by atoms with Crippen molar-refractivity contribution in [3.05, 3.63) is 54.0 Å². The molecule has 138 valence electrons. The Balaban J connectivity index is 1.36. The van der Waals surface area contributed by atoms with Crippen LogP contribution in [0.1, 0.15) is 48.0 Å². The Kier molecular flexibility index (Phi) is 4.01. The Bertz CT molecular complexity index is 991. The number of nitrogens with one attached hydrogen (secondary N) is 2. The van der Waals surface area contributed by atoms with E-state index in [1.807, 2.05) is 12.1 Å². The molecule has 1 amide bonds. The lowest BCUT2D eigenvalue weighted by Crippen LogP contribution is -2.42. The van der Waals surface area contributed by atoms with Crippen molar-refractivity contribution in [2.45, 2.75) is 44.7 Å². The van der Waals surface area contributed by atoms with E-state index < -0.39 is 0 Å². The van der Waals surface area contributed by atoms with Crippen LogP contribution in [-0.2, 0) is 6.54 Å². The van der Waals surface area contributed by atoms with Gasteiger partial charge in [0.25, 0.3) is 5.91 Å². The van der Waals surface area contributed by atoms with Gasteiger partial charge in [-0.15, -0.1) is 0 Å². The highest BCUT2D eigenvalue weighted by Crippen LogP contribution is 2.32. The van der Waals surface area contributed by atoms with Gasteiger partial charge in [-0.3, -0.25) is 4.79 Å². The summed E-state index contributed by atoms with van der Waals surface area (Å²) >= 11 is 0. The number of benzene rings is 1. The van der Waals surface area contributed by atoms with Crippen LogP contribution in [0, 0.1) is 0 Å². The zero-order valence-electron chi connectivity index (χ0n) is 15.1. The van der Waals surface area contributed by atoms with E-state index in [-0.39, 0.29) is 5.91 Å². The van der Waals surface area contributed by atoms with Crippen molar-refractivity contribution in [3.8, 4) is 0 Å². The molecular formula is C20H22N6O. The summed E-state index contributed by atoms with van der Waals surface area (Å²) in [6.07, 6.45) is 11.5. The summed E-state index contributed by atoms with van der Waals surface area (Å²) in [6.45, 7) is 0.769. The minimum atomic E-state index is -0.144. The molecular weight excluding hydrogens is 340 g/mol. The third-order valence-electron chi connectivity index (χ3n) is 5.51. The highest BCUT2D eigenvalue weighted by atomic mass is 16.1. The number of amides is 1. The second kappa shape index (κ2) is 6.66. The summed E-state index contributed by atoms with van der Waals surface area (Å²) < 4.78 is 1.64. The zero-order valence-corrected chi connectivity index (χ0v) is 15.1. The van der Waals surface area contributed by atoms with Gasteiger partial charge in [0.2, 0.25) is 0 Å². The first-order valence-electron chi connectivity index (χ1n) is 9.55. The highest BCUT2D eigenvalue weighted by molar-refractivity contribution is 6.06. The third-order valence-corrected chi connectivity index (χ3v) is 5.51. The summed E-state index contributed by atoms with van der Waals surface area (Å²) in [5.41, 5.74) is 7.78. The fourth-order valence-electron chi connectivity index (χ4n) is 4.13. The van der Waals surface area contributed by atoms with Crippen LogP contribution in [-0.4, -0.2) is 26.5 Å². The Morgan fingerprint density at radius 1 is 1.22 bits per heavy atom. The monoisotopic (exact) mass is 362 g/mol. The molecule has 0 spiro atoms. The number of hydrazine groups is 1. The molecule has 5 rings (SSSR count). The number of aromatic nitrogens is 3. The molecule has 7 nitrogen and oxygen atoms in total. The molecule has 0 unspecified atom stereocenters. The smallest absolute Gasteiger partial charge is 0.255 e. The first-order valence-corrected chi connectivity index (χ1v) is 9.55. The summed E-state index contributed by atoms with van der Waals surface area (Å²) in [7, 11) is 0. The fraction of sp³-hybridized carbons (Fsp3) is 0.350. The van der Waals surface area contributed by atoms with Crippen LogP contribution in [0.2, 0.25) is 0 Å². The Morgan fingerprint density at radius 3 is 3.00 bits per heavy atom. The van der Waals surface area contributed by atoms with Crippen LogP contribution in [0.25, 0.3) is 5.65 Å². The fourth-order valence-corrected chi connectivity index (χ4v) is 4.13. The summed E-state index contributed by atoms with van der Waals surface area (Å²) in [5.74, 6) is -0.144. The molecule has 1 aliphatic carbocycles. The zero-order chi connectivity index (χ0) is 18.2.